The lowest BCUT2D eigenvalue weighted by molar-refractivity contribution is 0.162. The van der Waals surface area contributed by atoms with Crippen molar-refractivity contribution in [2.24, 2.45) is 23.2 Å². The van der Waals surface area contributed by atoms with E-state index < -0.39 is 0 Å². The number of alkyl halides is 1. The molecule has 128 valence electrons. The van der Waals surface area contributed by atoms with Crippen LogP contribution in [0.5, 0.6) is 0 Å². The second kappa shape index (κ2) is 8.36. The van der Waals surface area contributed by atoms with Crippen LogP contribution in [0.1, 0.15) is 91.9 Å². The summed E-state index contributed by atoms with van der Waals surface area (Å²) in [6.07, 6.45) is 14.1. The fourth-order valence-corrected chi connectivity index (χ4v) is 5.66. The Hall–Kier alpha value is 0.220. The van der Waals surface area contributed by atoms with Gasteiger partial charge in [-0.15, -0.1) is 0 Å². The zero-order chi connectivity index (χ0) is 16.2. The van der Waals surface area contributed by atoms with Crippen LogP contribution < -0.4 is 0 Å². The molecule has 0 radical (unpaired) electrons. The van der Waals surface area contributed by atoms with Crippen LogP contribution in [0.25, 0.3) is 0 Å². The molecule has 1 fully saturated rings. The highest BCUT2D eigenvalue weighted by atomic mass is 79.9. The molecule has 0 bridgehead atoms. The summed E-state index contributed by atoms with van der Waals surface area (Å²) in [5, 5.41) is 1.16. The van der Waals surface area contributed by atoms with Gasteiger partial charge in [-0.1, -0.05) is 74.0 Å². The summed E-state index contributed by atoms with van der Waals surface area (Å²) in [5.41, 5.74) is 4.31. The number of hydrogen-bond acceptors (Lipinski definition) is 0. The lowest BCUT2D eigenvalue weighted by Gasteiger charge is -2.41. The first-order valence-electron chi connectivity index (χ1n) is 9.76. The van der Waals surface area contributed by atoms with Crippen LogP contribution in [-0.4, -0.2) is 5.33 Å². The third-order valence-electron chi connectivity index (χ3n) is 6.55. The number of rotatable bonds is 8. The number of halogens is 1. The van der Waals surface area contributed by atoms with Gasteiger partial charge in [0, 0.05) is 5.33 Å². The number of allylic oxidation sites excluding steroid dienone is 2. The first-order valence-corrected chi connectivity index (χ1v) is 10.9. The second-order valence-corrected chi connectivity index (χ2v) is 9.39. The Bertz CT molecular complexity index is 381. The van der Waals surface area contributed by atoms with Gasteiger partial charge in [0.2, 0.25) is 0 Å². The lowest BCUT2D eigenvalue weighted by atomic mass is 9.64. The molecule has 0 aromatic heterocycles. The average Bonchev–Trinajstić information content (AvgIpc) is 2.82. The summed E-state index contributed by atoms with van der Waals surface area (Å²) in [6.45, 7) is 9.89. The summed E-state index contributed by atoms with van der Waals surface area (Å²) in [6, 6.07) is 0. The van der Waals surface area contributed by atoms with Crippen molar-refractivity contribution in [1.29, 1.82) is 0 Å². The minimum Gasteiger partial charge on any atom is -0.0928 e. The molecule has 1 saturated carbocycles. The predicted octanol–water partition coefficient (Wildman–Crippen LogP) is 7.52. The Balaban J connectivity index is 2.03. The van der Waals surface area contributed by atoms with Crippen LogP contribution in [0.4, 0.5) is 0 Å². The molecule has 0 unspecified atom stereocenters. The molecular weight excluding hydrogens is 332 g/mol. The van der Waals surface area contributed by atoms with Gasteiger partial charge in [0.25, 0.3) is 0 Å². The van der Waals surface area contributed by atoms with E-state index in [-0.39, 0.29) is 0 Å². The standard InChI is InChI=1S/C21H37Br/c1-16(2)8-5-9-17(3)19-12-13-20-18(11-7-15-22)10-6-14-21(19,20)4/h16-17,19H,5-15H2,1-4H3/t17-,19-,21-/m1/s1. The van der Waals surface area contributed by atoms with Crippen LogP contribution in [-0.2, 0) is 0 Å². The molecule has 3 atom stereocenters. The van der Waals surface area contributed by atoms with Crippen molar-refractivity contribution < 1.29 is 0 Å². The van der Waals surface area contributed by atoms with Gasteiger partial charge in [0.15, 0.2) is 0 Å². The normalized spacial score (nSPS) is 30.0. The molecule has 0 spiro atoms. The Kier molecular flexibility index (Phi) is 7.05. The van der Waals surface area contributed by atoms with Crippen LogP contribution in [0.15, 0.2) is 11.1 Å². The first-order chi connectivity index (χ1) is 10.5. The molecule has 0 aliphatic heterocycles. The molecule has 0 aromatic carbocycles. The summed E-state index contributed by atoms with van der Waals surface area (Å²) in [7, 11) is 0. The van der Waals surface area contributed by atoms with Crippen molar-refractivity contribution in [1.82, 2.24) is 0 Å². The first kappa shape index (κ1) is 18.6. The highest BCUT2D eigenvalue weighted by Gasteiger charge is 2.46. The lowest BCUT2D eigenvalue weighted by Crippen LogP contribution is -2.31. The van der Waals surface area contributed by atoms with Crippen LogP contribution in [0.2, 0.25) is 0 Å². The van der Waals surface area contributed by atoms with Gasteiger partial charge in [0.05, 0.1) is 0 Å². The van der Waals surface area contributed by atoms with E-state index in [2.05, 4.69) is 43.6 Å². The smallest absolute Gasteiger partial charge is 0.00343 e. The van der Waals surface area contributed by atoms with E-state index >= 15 is 0 Å². The summed E-state index contributed by atoms with van der Waals surface area (Å²) >= 11 is 3.61. The van der Waals surface area contributed by atoms with E-state index in [0.717, 1.165) is 23.1 Å². The van der Waals surface area contributed by atoms with Crippen molar-refractivity contribution in [3.63, 3.8) is 0 Å². The Labute approximate surface area is 147 Å². The van der Waals surface area contributed by atoms with E-state index in [0.29, 0.717) is 5.41 Å². The molecule has 2 rings (SSSR count). The molecular formula is C21H37Br. The maximum absolute atomic E-state index is 3.61. The topological polar surface area (TPSA) is 0 Å². The van der Waals surface area contributed by atoms with Gasteiger partial charge >= 0.3 is 0 Å². The van der Waals surface area contributed by atoms with Gasteiger partial charge < -0.3 is 0 Å². The summed E-state index contributed by atoms with van der Waals surface area (Å²) in [4.78, 5) is 0. The van der Waals surface area contributed by atoms with E-state index in [4.69, 9.17) is 0 Å². The molecule has 0 N–H and O–H groups in total. The van der Waals surface area contributed by atoms with Crippen molar-refractivity contribution in [3.8, 4) is 0 Å². The van der Waals surface area contributed by atoms with Gasteiger partial charge in [-0.05, 0) is 68.1 Å². The number of fused-ring (bicyclic) bond motifs is 1. The Morgan fingerprint density at radius 3 is 2.59 bits per heavy atom. The largest absolute Gasteiger partial charge is 0.0928 e. The Morgan fingerprint density at radius 1 is 1.14 bits per heavy atom. The molecule has 0 amide bonds. The van der Waals surface area contributed by atoms with Gasteiger partial charge in [-0.3, -0.25) is 0 Å². The fraction of sp³-hybridized carbons (Fsp3) is 0.905. The molecule has 2 aliphatic carbocycles. The molecule has 0 aromatic rings. The van der Waals surface area contributed by atoms with E-state index in [1.807, 2.05) is 11.1 Å². The van der Waals surface area contributed by atoms with Crippen molar-refractivity contribution in [2.75, 3.05) is 5.33 Å². The highest BCUT2D eigenvalue weighted by Crippen LogP contribution is 2.58. The molecule has 22 heavy (non-hydrogen) atoms. The molecule has 2 aliphatic rings. The SMILES string of the molecule is CC(C)CCC[C@@H](C)[C@H]1CCC2=C(CCCBr)CCC[C@@]21C. The van der Waals surface area contributed by atoms with Gasteiger partial charge in [-0.2, -0.15) is 0 Å². The maximum Gasteiger partial charge on any atom is 0.00343 e. The third-order valence-corrected chi connectivity index (χ3v) is 7.12. The molecule has 1 heteroatoms. The molecule has 0 saturated heterocycles. The molecule has 0 nitrogen and oxygen atoms in total. The van der Waals surface area contributed by atoms with Gasteiger partial charge in [0.1, 0.15) is 0 Å². The zero-order valence-corrected chi connectivity index (χ0v) is 17.0. The van der Waals surface area contributed by atoms with Crippen molar-refractivity contribution >= 4 is 15.9 Å². The minimum absolute atomic E-state index is 0.553. The second-order valence-electron chi connectivity index (χ2n) is 8.59. The van der Waals surface area contributed by atoms with Crippen LogP contribution in [0.3, 0.4) is 0 Å². The summed E-state index contributed by atoms with van der Waals surface area (Å²) < 4.78 is 0. The van der Waals surface area contributed by atoms with E-state index in [9.17, 15) is 0 Å². The van der Waals surface area contributed by atoms with Crippen molar-refractivity contribution in [2.45, 2.75) is 91.9 Å². The predicted molar refractivity (Wildman–Crippen MR) is 103 cm³/mol. The zero-order valence-electron chi connectivity index (χ0n) is 15.4. The van der Waals surface area contributed by atoms with Crippen LogP contribution in [0, 0.1) is 23.2 Å². The maximum atomic E-state index is 3.61. The fourth-order valence-electron chi connectivity index (χ4n) is 5.38. The monoisotopic (exact) mass is 368 g/mol. The average molecular weight is 369 g/mol. The van der Waals surface area contributed by atoms with Crippen molar-refractivity contribution in [3.05, 3.63) is 11.1 Å². The minimum atomic E-state index is 0.553. The van der Waals surface area contributed by atoms with Gasteiger partial charge in [-0.25, -0.2) is 0 Å². The van der Waals surface area contributed by atoms with E-state index in [1.165, 1.54) is 64.2 Å². The Morgan fingerprint density at radius 2 is 1.91 bits per heavy atom. The quantitative estimate of drug-likeness (QED) is 0.306. The summed E-state index contributed by atoms with van der Waals surface area (Å²) in [5.74, 6) is 2.73. The van der Waals surface area contributed by atoms with E-state index in [1.54, 1.807) is 0 Å². The van der Waals surface area contributed by atoms with Crippen LogP contribution >= 0.6 is 15.9 Å². The number of hydrogen-bond donors (Lipinski definition) is 0. The molecule has 0 heterocycles. The highest BCUT2D eigenvalue weighted by molar-refractivity contribution is 9.09. The third kappa shape index (κ3) is 4.19.